The molecule has 0 saturated carbocycles. The summed E-state index contributed by atoms with van der Waals surface area (Å²) in [5.41, 5.74) is 0. The molecule has 6 nitrogen and oxygen atoms in total. The maximum absolute atomic E-state index is 12.2. The fourth-order valence-corrected chi connectivity index (χ4v) is 2.13. The molecular weight excluding hydrogens is 246 g/mol. The zero-order valence-corrected chi connectivity index (χ0v) is 12.1. The van der Waals surface area contributed by atoms with Gasteiger partial charge in [-0.05, 0) is 20.4 Å². The third-order valence-electron chi connectivity index (χ3n) is 3.75. The average molecular weight is 271 g/mol. The van der Waals surface area contributed by atoms with Crippen LogP contribution in [0.3, 0.4) is 0 Å². The van der Waals surface area contributed by atoms with E-state index in [2.05, 4.69) is 4.90 Å². The van der Waals surface area contributed by atoms with Crippen LogP contribution in [-0.4, -0.2) is 84.0 Å². The van der Waals surface area contributed by atoms with Crippen LogP contribution in [0, 0.1) is 0 Å². The molecule has 1 amide bonds. The Hall–Kier alpha value is -1.14. The molecule has 0 aliphatic carbocycles. The van der Waals surface area contributed by atoms with Gasteiger partial charge in [0.05, 0.1) is 13.1 Å². The van der Waals surface area contributed by atoms with Gasteiger partial charge in [-0.3, -0.25) is 14.5 Å². The van der Waals surface area contributed by atoms with Gasteiger partial charge in [-0.25, -0.2) is 0 Å². The van der Waals surface area contributed by atoms with Gasteiger partial charge in [0.1, 0.15) is 0 Å². The summed E-state index contributed by atoms with van der Waals surface area (Å²) in [6.07, 6.45) is 0.837. The number of carbonyl (C=O) groups excluding carboxylic acids is 1. The van der Waals surface area contributed by atoms with Crippen LogP contribution in [0.5, 0.6) is 0 Å². The normalized spacial score (nSPS) is 18.6. The first-order valence-electron chi connectivity index (χ1n) is 6.86. The van der Waals surface area contributed by atoms with E-state index in [0.29, 0.717) is 0 Å². The van der Waals surface area contributed by atoms with E-state index in [-0.39, 0.29) is 25.0 Å². The lowest BCUT2D eigenvalue weighted by molar-refractivity contribution is -0.141. The monoisotopic (exact) mass is 271 g/mol. The van der Waals surface area contributed by atoms with E-state index < -0.39 is 5.97 Å². The summed E-state index contributed by atoms with van der Waals surface area (Å²) >= 11 is 0. The third-order valence-corrected chi connectivity index (χ3v) is 3.75. The van der Waals surface area contributed by atoms with Crippen molar-refractivity contribution in [2.75, 3.05) is 46.3 Å². The largest absolute Gasteiger partial charge is 0.480 e. The minimum Gasteiger partial charge on any atom is -0.480 e. The van der Waals surface area contributed by atoms with Crippen LogP contribution in [0.1, 0.15) is 20.3 Å². The number of piperazine rings is 1. The van der Waals surface area contributed by atoms with E-state index in [1.165, 1.54) is 0 Å². The van der Waals surface area contributed by atoms with Crippen molar-refractivity contribution in [2.24, 2.45) is 0 Å². The molecule has 1 N–H and O–H groups in total. The molecule has 1 heterocycles. The molecule has 0 spiro atoms. The summed E-state index contributed by atoms with van der Waals surface area (Å²) in [7, 11) is 2.04. The van der Waals surface area contributed by atoms with Gasteiger partial charge in [-0.1, -0.05) is 6.92 Å². The molecule has 6 heteroatoms. The van der Waals surface area contributed by atoms with Crippen LogP contribution in [0.4, 0.5) is 0 Å². The molecule has 1 saturated heterocycles. The quantitative estimate of drug-likeness (QED) is 0.733. The van der Waals surface area contributed by atoms with Crippen molar-refractivity contribution in [3.05, 3.63) is 0 Å². The van der Waals surface area contributed by atoms with Crippen molar-refractivity contribution in [3.63, 3.8) is 0 Å². The predicted octanol–water partition coefficient (Wildman–Crippen LogP) is -0.0545. The van der Waals surface area contributed by atoms with Gasteiger partial charge >= 0.3 is 5.97 Å². The highest BCUT2D eigenvalue weighted by Crippen LogP contribution is 2.06. The first kappa shape index (κ1) is 15.9. The summed E-state index contributed by atoms with van der Waals surface area (Å²) in [6.45, 7) is 7.31. The number of likely N-dealkylation sites (N-methyl/N-ethyl adjacent to an activating group) is 1. The van der Waals surface area contributed by atoms with E-state index in [1.807, 2.05) is 25.8 Å². The number of carboxylic acid groups (broad SMARTS) is 1. The Morgan fingerprint density at radius 2 is 1.79 bits per heavy atom. The fraction of sp³-hybridized carbons (Fsp3) is 0.846. The van der Waals surface area contributed by atoms with Gasteiger partial charge in [0, 0.05) is 32.2 Å². The maximum Gasteiger partial charge on any atom is 0.317 e. The lowest BCUT2D eigenvalue weighted by Crippen LogP contribution is -2.51. The minimum atomic E-state index is -0.883. The van der Waals surface area contributed by atoms with Gasteiger partial charge in [-0.2, -0.15) is 0 Å². The second-order valence-corrected chi connectivity index (χ2v) is 5.24. The standard InChI is InChI=1S/C13H25N3O3/c1-4-11(2)16(10-13(18)19)9-12(17)15-7-5-14(3)6-8-15/h11H,4-10H2,1-3H3,(H,18,19). The summed E-state index contributed by atoms with van der Waals surface area (Å²) in [6, 6.07) is 0.104. The highest BCUT2D eigenvalue weighted by atomic mass is 16.4. The first-order chi connectivity index (χ1) is 8.93. The van der Waals surface area contributed by atoms with Gasteiger partial charge in [0.25, 0.3) is 0 Å². The van der Waals surface area contributed by atoms with E-state index in [1.54, 1.807) is 4.90 Å². The molecule has 110 valence electrons. The molecule has 1 aliphatic heterocycles. The average Bonchev–Trinajstić information content (AvgIpc) is 2.37. The van der Waals surface area contributed by atoms with Crippen LogP contribution in [0.15, 0.2) is 0 Å². The fourth-order valence-electron chi connectivity index (χ4n) is 2.13. The van der Waals surface area contributed by atoms with Gasteiger partial charge in [-0.15, -0.1) is 0 Å². The molecule has 1 aliphatic rings. The maximum atomic E-state index is 12.2. The minimum absolute atomic E-state index is 0.0367. The number of aliphatic carboxylic acids is 1. The summed E-state index contributed by atoms with van der Waals surface area (Å²) in [4.78, 5) is 28.8. The van der Waals surface area contributed by atoms with Crippen molar-refractivity contribution in [2.45, 2.75) is 26.3 Å². The predicted molar refractivity (Wildman–Crippen MR) is 73.0 cm³/mol. The zero-order valence-electron chi connectivity index (χ0n) is 12.1. The Bertz CT molecular complexity index is 314. The van der Waals surface area contributed by atoms with Gasteiger partial charge in [0.2, 0.25) is 5.91 Å². The number of hydrogen-bond donors (Lipinski definition) is 1. The van der Waals surface area contributed by atoms with Crippen LogP contribution < -0.4 is 0 Å². The van der Waals surface area contributed by atoms with Crippen molar-refractivity contribution in [1.29, 1.82) is 0 Å². The smallest absolute Gasteiger partial charge is 0.317 e. The second-order valence-electron chi connectivity index (χ2n) is 5.24. The SMILES string of the molecule is CCC(C)N(CC(=O)O)CC(=O)N1CCN(C)CC1. The molecule has 0 aromatic heterocycles. The van der Waals surface area contributed by atoms with E-state index in [0.717, 1.165) is 32.6 Å². The Morgan fingerprint density at radius 3 is 2.26 bits per heavy atom. The Morgan fingerprint density at radius 1 is 1.21 bits per heavy atom. The molecule has 1 rings (SSSR count). The highest BCUT2D eigenvalue weighted by molar-refractivity contribution is 5.79. The van der Waals surface area contributed by atoms with Crippen LogP contribution in [0.2, 0.25) is 0 Å². The summed E-state index contributed by atoms with van der Waals surface area (Å²) in [5, 5.41) is 8.91. The van der Waals surface area contributed by atoms with Gasteiger partial charge < -0.3 is 14.9 Å². The molecule has 1 atom stereocenters. The van der Waals surface area contributed by atoms with Crippen molar-refractivity contribution in [3.8, 4) is 0 Å². The summed E-state index contributed by atoms with van der Waals surface area (Å²) in [5.74, 6) is -0.846. The molecule has 0 bridgehead atoms. The topological polar surface area (TPSA) is 64.1 Å². The van der Waals surface area contributed by atoms with Crippen LogP contribution in [0.25, 0.3) is 0 Å². The van der Waals surface area contributed by atoms with Crippen molar-refractivity contribution >= 4 is 11.9 Å². The van der Waals surface area contributed by atoms with E-state index >= 15 is 0 Å². The van der Waals surface area contributed by atoms with E-state index in [4.69, 9.17) is 5.11 Å². The summed E-state index contributed by atoms with van der Waals surface area (Å²) < 4.78 is 0. The van der Waals surface area contributed by atoms with Crippen LogP contribution in [-0.2, 0) is 9.59 Å². The zero-order chi connectivity index (χ0) is 14.4. The number of carboxylic acids is 1. The second kappa shape index (κ2) is 7.45. The first-order valence-corrected chi connectivity index (χ1v) is 6.86. The molecule has 0 aromatic carbocycles. The molecule has 19 heavy (non-hydrogen) atoms. The number of amides is 1. The van der Waals surface area contributed by atoms with Crippen molar-refractivity contribution < 1.29 is 14.7 Å². The number of rotatable bonds is 6. The molecule has 1 fully saturated rings. The number of carbonyl (C=O) groups is 2. The molecule has 0 aromatic rings. The van der Waals surface area contributed by atoms with Crippen LogP contribution >= 0.6 is 0 Å². The lowest BCUT2D eigenvalue weighted by Gasteiger charge is -2.34. The van der Waals surface area contributed by atoms with Gasteiger partial charge in [0.15, 0.2) is 0 Å². The Kier molecular flexibility index (Phi) is 6.24. The Balaban J connectivity index is 2.52. The molecular formula is C13H25N3O3. The van der Waals surface area contributed by atoms with E-state index in [9.17, 15) is 9.59 Å². The number of hydrogen-bond acceptors (Lipinski definition) is 4. The van der Waals surface area contributed by atoms with Crippen molar-refractivity contribution in [1.82, 2.24) is 14.7 Å². The third kappa shape index (κ3) is 5.16. The number of nitrogens with zero attached hydrogens (tertiary/aromatic N) is 3. The Labute approximate surface area is 115 Å². The molecule has 0 radical (unpaired) electrons. The highest BCUT2D eigenvalue weighted by Gasteiger charge is 2.24. The lowest BCUT2D eigenvalue weighted by atomic mass is 10.2. The molecule has 1 unspecified atom stereocenters.